The molecule has 2 aromatic rings. The Morgan fingerprint density at radius 3 is 2.81 bits per heavy atom. The third kappa shape index (κ3) is 3.47. The number of hydrogen-bond acceptors (Lipinski definition) is 4. The fraction of sp³-hybridized carbons (Fsp3) is 0.440. The van der Waals surface area contributed by atoms with Crippen molar-refractivity contribution in [2.75, 3.05) is 0 Å². The maximum atomic E-state index is 14.6. The molecule has 2 aromatic carbocycles. The first kappa shape index (κ1) is 21.0. The summed E-state index contributed by atoms with van der Waals surface area (Å²) in [6.07, 6.45) is 6.78. The summed E-state index contributed by atoms with van der Waals surface area (Å²) in [6, 6.07) is 12.3. The normalized spacial score (nSPS) is 34.2. The average molecular weight is 473 g/mol. The van der Waals surface area contributed by atoms with Crippen LogP contribution in [-0.4, -0.2) is 11.0 Å². The Hall–Kier alpha value is -1.59. The van der Waals surface area contributed by atoms with E-state index in [9.17, 15) is 13.8 Å². The molecule has 3 unspecified atom stereocenters. The lowest BCUT2D eigenvalue weighted by molar-refractivity contribution is 0.0424. The summed E-state index contributed by atoms with van der Waals surface area (Å²) in [5.41, 5.74) is 1.20. The quantitative estimate of drug-likeness (QED) is 0.480. The van der Waals surface area contributed by atoms with Gasteiger partial charge in [0.25, 0.3) is 0 Å². The zero-order chi connectivity index (χ0) is 22.1. The van der Waals surface area contributed by atoms with E-state index in [2.05, 4.69) is 6.92 Å². The van der Waals surface area contributed by atoms with Gasteiger partial charge in [-0.1, -0.05) is 43.0 Å². The average Bonchev–Trinajstić information content (AvgIpc) is 3.23. The lowest BCUT2D eigenvalue weighted by Gasteiger charge is -2.38. The molecule has 6 atom stereocenters. The van der Waals surface area contributed by atoms with E-state index in [-0.39, 0.29) is 17.3 Å². The molecule has 4 nitrogen and oxygen atoms in total. The molecule has 0 amide bonds. The van der Waals surface area contributed by atoms with E-state index in [4.69, 9.17) is 9.05 Å². The molecule has 6 rings (SSSR count). The largest absolute Gasteiger partial charge is 0.527 e. The van der Waals surface area contributed by atoms with Crippen molar-refractivity contribution in [2.45, 2.75) is 54.9 Å². The molecule has 32 heavy (non-hydrogen) atoms. The highest BCUT2D eigenvalue weighted by Gasteiger charge is 2.57. The van der Waals surface area contributed by atoms with E-state index >= 15 is 0 Å². The van der Waals surface area contributed by atoms with E-state index in [1.807, 2.05) is 30.3 Å². The molecule has 3 fully saturated rings. The van der Waals surface area contributed by atoms with Gasteiger partial charge in [0.05, 0.1) is 6.10 Å². The van der Waals surface area contributed by atoms with Crippen LogP contribution in [0.2, 0.25) is 0 Å². The van der Waals surface area contributed by atoms with Crippen LogP contribution in [0.1, 0.15) is 50.2 Å². The molecule has 0 spiro atoms. The van der Waals surface area contributed by atoms with Crippen LogP contribution in [0.25, 0.3) is 11.8 Å². The molecule has 168 valence electrons. The highest BCUT2D eigenvalue weighted by Crippen LogP contribution is 2.65. The predicted octanol–water partition coefficient (Wildman–Crippen LogP) is 7.14. The second-order valence-electron chi connectivity index (χ2n) is 9.96. The maximum Gasteiger partial charge on any atom is 0.527 e. The van der Waals surface area contributed by atoms with Crippen LogP contribution < -0.4 is 0 Å². The van der Waals surface area contributed by atoms with Crippen LogP contribution in [0.15, 0.2) is 52.3 Å². The SMILES string of the molecule is C[C@]12CC[C@H](C1)C1CC2[C@H](OP(=O)(O)OC2=Cc3c(F)cccc3Sc3ccccc32)C1. The summed E-state index contributed by atoms with van der Waals surface area (Å²) in [5.74, 6) is 1.36. The molecule has 4 bridgehead atoms. The molecule has 3 aliphatic carbocycles. The molecule has 0 saturated heterocycles. The maximum absolute atomic E-state index is 14.6. The van der Waals surface area contributed by atoms with Gasteiger partial charge in [0, 0.05) is 20.9 Å². The van der Waals surface area contributed by atoms with E-state index in [0.717, 1.165) is 28.6 Å². The number of phosphoric acid groups is 1. The first-order chi connectivity index (χ1) is 15.3. The van der Waals surface area contributed by atoms with Crippen molar-refractivity contribution in [3.63, 3.8) is 0 Å². The number of halogens is 1. The van der Waals surface area contributed by atoms with E-state index in [1.165, 1.54) is 43.2 Å². The molecule has 1 heterocycles. The van der Waals surface area contributed by atoms with Gasteiger partial charge in [0.2, 0.25) is 0 Å². The first-order valence-corrected chi connectivity index (χ1v) is 13.6. The Morgan fingerprint density at radius 1 is 1.12 bits per heavy atom. The highest BCUT2D eigenvalue weighted by atomic mass is 32.2. The minimum absolute atomic E-state index is 0.163. The van der Waals surface area contributed by atoms with Crippen LogP contribution in [0.3, 0.4) is 0 Å². The Bertz CT molecular complexity index is 1170. The summed E-state index contributed by atoms with van der Waals surface area (Å²) >= 11 is 1.42. The fourth-order valence-electron chi connectivity index (χ4n) is 6.55. The summed E-state index contributed by atoms with van der Waals surface area (Å²) in [4.78, 5) is 12.4. The minimum atomic E-state index is -4.41. The van der Waals surface area contributed by atoms with Crippen molar-refractivity contribution in [3.05, 3.63) is 59.4 Å². The van der Waals surface area contributed by atoms with Gasteiger partial charge in [-0.25, -0.2) is 8.96 Å². The van der Waals surface area contributed by atoms with Gasteiger partial charge in [-0.2, -0.15) is 0 Å². The highest BCUT2D eigenvalue weighted by molar-refractivity contribution is 7.99. The van der Waals surface area contributed by atoms with Gasteiger partial charge >= 0.3 is 7.82 Å². The van der Waals surface area contributed by atoms with Crippen LogP contribution in [0.4, 0.5) is 4.39 Å². The Morgan fingerprint density at radius 2 is 1.94 bits per heavy atom. The minimum Gasteiger partial charge on any atom is -0.403 e. The lowest BCUT2D eigenvalue weighted by Crippen LogP contribution is -2.33. The second kappa shape index (κ2) is 7.46. The summed E-state index contributed by atoms with van der Waals surface area (Å²) in [6.45, 7) is 2.31. The molecule has 1 aliphatic heterocycles. The Balaban J connectivity index is 1.31. The summed E-state index contributed by atoms with van der Waals surface area (Å²) in [5, 5.41) is 0. The van der Waals surface area contributed by atoms with E-state index in [0.29, 0.717) is 23.0 Å². The van der Waals surface area contributed by atoms with Crippen LogP contribution >= 0.6 is 19.6 Å². The van der Waals surface area contributed by atoms with Crippen LogP contribution in [0, 0.1) is 29.0 Å². The number of hydrogen-bond donors (Lipinski definition) is 1. The molecule has 0 radical (unpaired) electrons. The fourth-order valence-corrected chi connectivity index (χ4v) is 8.65. The number of phosphoric ester groups is 1. The van der Waals surface area contributed by atoms with E-state index < -0.39 is 13.6 Å². The standard InChI is InChI=1S/C25H26FO4PS/c1-25-10-9-15(14-25)16-11-19(25)22(12-16)30-31(27,28)29-21-13-18-20(26)6-4-8-24(18)32-23-7-3-2-5-17(21)23/h2-8,13,15-16,19,22H,9-12,14H2,1H3,(H,27,28)/t15-,16?,19?,22-,25+/m1/s1. The van der Waals surface area contributed by atoms with Crippen LogP contribution in [-0.2, 0) is 13.6 Å². The summed E-state index contributed by atoms with van der Waals surface area (Å²) < 4.78 is 39.4. The number of benzene rings is 2. The molecule has 7 heteroatoms. The van der Waals surface area contributed by atoms with Gasteiger partial charge in [0.1, 0.15) is 11.6 Å². The number of rotatable bonds is 4. The van der Waals surface area contributed by atoms with Crippen molar-refractivity contribution in [3.8, 4) is 0 Å². The van der Waals surface area contributed by atoms with Gasteiger partial charge in [-0.05, 0) is 79.5 Å². The molecule has 3 saturated carbocycles. The zero-order valence-electron chi connectivity index (χ0n) is 17.9. The summed E-state index contributed by atoms with van der Waals surface area (Å²) in [7, 11) is -4.41. The molecular weight excluding hydrogens is 446 g/mol. The lowest BCUT2D eigenvalue weighted by atomic mass is 9.69. The smallest absolute Gasteiger partial charge is 0.403 e. The molecular formula is C25H26FO4PS. The van der Waals surface area contributed by atoms with Gasteiger partial charge in [0.15, 0.2) is 0 Å². The number of fused-ring (bicyclic) bond motifs is 8. The van der Waals surface area contributed by atoms with Gasteiger partial charge in [-0.3, -0.25) is 9.42 Å². The second-order valence-corrected chi connectivity index (χ2v) is 12.4. The van der Waals surface area contributed by atoms with Crippen LogP contribution in [0.5, 0.6) is 0 Å². The first-order valence-electron chi connectivity index (χ1n) is 11.3. The zero-order valence-corrected chi connectivity index (χ0v) is 19.6. The van der Waals surface area contributed by atoms with Crippen molar-refractivity contribution in [1.82, 2.24) is 0 Å². The molecule has 0 aromatic heterocycles. The topological polar surface area (TPSA) is 55.8 Å². The van der Waals surface area contributed by atoms with Gasteiger partial charge < -0.3 is 4.52 Å². The third-order valence-electron chi connectivity index (χ3n) is 8.06. The van der Waals surface area contributed by atoms with Gasteiger partial charge in [-0.15, -0.1) is 0 Å². The third-order valence-corrected chi connectivity index (χ3v) is 10.2. The van der Waals surface area contributed by atoms with Crippen molar-refractivity contribution in [2.24, 2.45) is 23.2 Å². The van der Waals surface area contributed by atoms with Crippen molar-refractivity contribution < 1.29 is 22.9 Å². The monoisotopic (exact) mass is 472 g/mol. The Labute approximate surface area is 191 Å². The van der Waals surface area contributed by atoms with Crippen molar-refractivity contribution in [1.29, 1.82) is 0 Å². The predicted molar refractivity (Wildman–Crippen MR) is 122 cm³/mol. The molecule has 4 aliphatic rings. The van der Waals surface area contributed by atoms with Crippen molar-refractivity contribution >= 4 is 31.4 Å². The Kier molecular flexibility index (Phi) is 4.89. The van der Waals surface area contributed by atoms with E-state index in [1.54, 1.807) is 6.07 Å². The molecule has 1 N–H and O–H groups in total.